The summed E-state index contributed by atoms with van der Waals surface area (Å²) in [5, 5.41) is 9.59. The van der Waals surface area contributed by atoms with Crippen molar-refractivity contribution in [1.82, 2.24) is 9.47 Å². The van der Waals surface area contributed by atoms with E-state index in [1.165, 1.54) is 0 Å². The average molecular weight is 304 g/mol. The molecule has 0 radical (unpaired) electrons. The van der Waals surface area contributed by atoms with E-state index in [-0.39, 0.29) is 5.56 Å². The Bertz CT molecular complexity index is 778. The predicted octanol–water partition coefficient (Wildman–Crippen LogP) is 1.49. The summed E-state index contributed by atoms with van der Waals surface area (Å²) in [7, 11) is 5.67. The molecule has 0 saturated heterocycles. The molecule has 1 N–H and O–H groups in total. The van der Waals surface area contributed by atoms with Crippen molar-refractivity contribution < 1.29 is 14.6 Å². The van der Waals surface area contributed by atoms with Crippen LogP contribution in [-0.4, -0.2) is 47.8 Å². The van der Waals surface area contributed by atoms with Crippen LogP contribution in [0.25, 0.3) is 10.9 Å². The van der Waals surface area contributed by atoms with Crippen LogP contribution in [0.15, 0.2) is 23.0 Å². The zero-order valence-electron chi connectivity index (χ0n) is 13.2. The summed E-state index contributed by atoms with van der Waals surface area (Å²) in [6.07, 6.45) is 0. The normalized spacial score (nSPS) is 11.1. The number of carbonyl (C=O) groups is 1. The van der Waals surface area contributed by atoms with Crippen molar-refractivity contribution >= 4 is 16.9 Å². The number of aromatic carboxylic acids is 1. The highest BCUT2D eigenvalue weighted by atomic mass is 16.5. The van der Waals surface area contributed by atoms with E-state index in [0.717, 1.165) is 6.54 Å². The molecule has 0 saturated carbocycles. The van der Waals surface area contributed by atoms with Gasteiger partial charge in [-0.3, -0.25) is 4.79 Å². The minimum atomic E-state index is -1.20. The van der Waals surface area contributed by atoms with Crippen LogP contribution in [0.2, 0.25) is 0 Å². The standard InChI is InChI=1S/C16H20N2O4/c1-10-14(16(20)21)15(19)12-6-5-11(9-13(12)18(10)4)22-8-7-17(2)3/h5-6,9H,7-8H2,1-4H3,(H,20,21). The number of benzene rings is 1. The summed E-state index contributed by atoms with van der Waals surface area (Å²) in [6.45, 7) is 2.95. The highest BCUT2D eigenvalue weighted by Gasteiger charge is 2.18. The quantitative estimate of drug-likeness (QED) is 0.906. The molecule has 0 aliphatic rings. The summed E-state index contributed by atoms with van der Waals surface area (Å²) < 4.78 is 7.37. The molecular formula is C16H20N2O4. The number of hydrogen-bond acceptors (Lipinski definition) is 4. The van der Waals surface area contributed by atoms with Crippen molar-refractivity contribution in [2.24, 2.45) is 7.05 Å². The number of fused-ring (bicyclic) bond motifs is 1. The predicted molar refractivity (Wildman–Crippen MR) is 84.9 cm³/mol. The Morgan fingerprint density at radius 1 is 1.36 bits per heavy atom. The molecule has 1 aromatic heterocycles. The number of rotatable bonds is 5. The fourth-order valence-corrected chi connectivity index (χ4v) is 2.32. The first-order chi connectivity index (χ1) is 10.3. The number of ether oxygens (including phenoxy) is 1. The van der Waals surface area contributed by atoms with Gasteiger partial charge in [0.25, 0.3) is 0 Å². The molecule has 0 atom stereocenters. The molecule has 118 valence electrons. The molecule has 6 heteroatoms. The third-order valence-corrected chi connectivity index (χ3v) is 3.69. The van der Waals surface area contributed by atoms with Gasteiger partial charge in [0, 0.05) is 30.7 Å². The Balaban J connectivity index is 2.50. The summed E-state index contributed by atoms with van der Waals surface area (Å²) in [5.74, 6) is -0.543. The number of nitrogens with zero attached hydrogens (tertiary/aromatic N) is 2. The van der Waals surface area contributed by atoms with Crippen LogP contribution < -0.4 is 10.2 Å². The average Bonchev–Trinajstić information content (AvgIpc) is 2.44. The first-order valence-corrected chi connectivity index (χ1v) is 6.97. The minimum Gasteiger partial charge on any atom is -0.492 e. The van der Waals surface area contributed by atoms with Gasteiger partial charge < -0.3 is 19.3 Å². The molecule has 2 rings (SSSR count). The lowest BCUT2D eigenvalue weighted by molar-refractivity contribution is 0.0694. The van der Waals surface area contributed by atoms with Gasteiger partial charge in [-0.1, -0.05) is 0 Å². The van der Waals surface area contributed by atoms with Gasteiger partial charge in [-0.25, -0.2) is 4.79 Å². The Morgan fingerprint density at radius 2 is 2.05 bits per heavy atom. The lowest BCUT2D eigenvalue weighted by Crippen LogP contribution is -2.22. The smallest absolute Gasteiger partial charge is 0.341 e. The fraction of sp³-hybridized carbons (Fsp3) is 0.375. The van der Waals surface area contributed by atoms with Gasteiger partial charge in [-0.15, -0.1) is 0 Å². The third-order valence-electron chi connectivity index (χ3n) is 3.69. The van der Waals surface area contributed by atoms with Gasteiger partial charge in [0.2, 0.25) is 5.43 Å². The first kappa shape index (κ1) is 16.0. The summed E-state index contributed by atoms with van der Waals surface area (Å²) in [4.78, 5) is 25.6. The van der Waals surface area contributed by atoms with Gasteiger partial charge in [0.05, 0.1) is 5.52 Å². The SMILES string of the molecule is Cc1c(C(=O)O)c(=O)c2ccc(OCCN(C)C)cc2n1C. The second-order valence-corrected chi connectivity index (χ2v) is 5.48. The van der Waals surface area contributed by atoms with Gasteiger partial charge in [-0.05, 0) is 33.2 Å². The van der Waals surface area contributed by atoms with Crippen LogP contribution in [0, 0.1) is 6.92 Å². The zero-order valence-corrected chi connectivity index (χ0v) is 13.2. The molecule has 1 heterocycles. The second kappa shape index (κ2) is 6.19. The Hall–Kier alpha value is -2.34. The van der Waals surface area contributed by atoms with E-state index in [9.17, 15) is 14.7 Å². The van der Waals surface area contributed by atoms with Crippen LogP contribution in [-0.2, 0) is 7.05 Å². The molecule has 1 aromatic carbocycles. The number of likely N-dealkylation sites (N-methyl/N-ethyl adjacent to an activating group) is 1. The summed E-state index contributed by atoms with van der Waals surface area (Å²) in [5.41, 5.74) is 0.444. The van der Waals surface area contributed by atoms with E-state index in [2.05, 4.69) is 0 Å². The molecule has 0 unspecified atom stereocenters. The number of aromatic nitrogens is 1. The summed E-state index contributed by atoms with van der Waals surface area (Å²) in [6, 6.07) is 5.08. The van der Waals surface area contributed by atoms with Gasteiger partial charge >= 0.3 is 5.97 Å². The highest BCUT2D eigenvalue weighted by Crippen LogP contribution is 2.21. The second-order valence-electron chi connectivity index (χ2n) is 5.48. The van der Waals surface area contributed by atoms with Crippen LogP contribution in [0.1, 0.15) is 16.1 Å². The zero-order chi connectivity index (χ0) is 16.4. The number of pyridine rings is 1. The molecule has 0 aliphatic carbocycles. The Kier molecular flexibility index (Phi) is 4.51. The molecule has 2 aromatic rings. The third kappa shape index (κ3) is 2.96. The first-order valence-electron chi connectivity index (χ1n) is 6.97. The van der Waals surface area contributed by atoms with E-state index in [4.69, 9.17) is 4.74 Å². The largest absolute Gasteiger partial charge is 0.492 e. The van der Waals surface area contributed by atoms with Gasteiger partial charge in [-0.2, -0.15) is 0 Å². The minimum absolute atomic E-state index is 0.184. The van der Waals surface area contributed by atoms with Crippen molar-refractivity contribution in [3.8, 4) is 5.75 Å². The Labute approximate surface area is 128 Å². The van der Waals surface area contributed by atoms with Crippen LogP contribution >= 0.6 is 0 Å². The summed E-state index contributed by atoms with van der Waals surface area (Å²) >= 11 is 0. The number of carboxylic acid groups (broad SMARTS) is 1. The molecule has 6 nitrogen and oxygen atoms in total. The molecule has 0 aliphatic heterocycles. The molecule has 0 bridgehead atoms. The van der Waals surface area contributed by atoms with Crippen LogP contribution in [0.5, 0.6) is 5.75 Å². The maximum absolute atomic E-state index is 12.3. The van der Waals surface area contributed by atoms with E-state index in [1.807, 2.05) is 19.0 Å². The molecule has 0 amide bonds. The van der Waals surface area contributed by atoms with Crippen molar-refractivity contribution in [1.29, 1.82) is 0 Å². The number of aryl methyl sites for hydroxylation is 1. The highest BCUT2D eigenvalue weighted by molar-refractivity contribution is 5.94. The monoisotopic (exact) mass is 304 g/mol. The molecule has 0 spiro atoms. The van der Waals surface area contributed by atoms with Crippen molar-refractivity contribution in [3.05, 3.63) is 39.7 Å². The van der Waals surface area contributed by atoms with Gasteiger partial charge in [0.1, 0.15) is 17.9 Å². The van der Waals surface area contributed by atoms with Crippen molar-refractivity contribution in [2.45, 2.75) is 6.92 Å². The number of carboxylic acids is 1. The molecule has 22 heavy (non-hydrogen) atoms. The van der Waals surface area contributed by atoms with Crippen LogP contribution in [0.3, 0.4) is 0 Å². The van der Waals surface area contributed by atoms with E-state index in [1.54, 1.807) is 36.7 Å². The number of hydrogen-bond donors (Lipinski definition) is 1. The van der Waals surface area contributed by atoms with Crippen molar-refractivity contribution in [3.63, 3.8) is 0 Å². The van der Waals surface area contributed by atoms with Crippen molar-refractivity contribution in [2.75, 3.05) is 27.2 Å². The lowest BCUT2D eigenvalue weighted by Gasteiger charge is -2.14. The Morgan fingerprint density at radius 3 is 2.64 bits per heavy atom. The lowest BCUT2D eigenvalue weighted by atomic mass is 10.1. The van der Waals surface area contributed by atoms with Crippen LogP contribution in [0.4, 0.5) is 0 Å². The van der Waals surface area contributed by atoms with E-state index in [0.29, 0.717) is 29.0 Å². The fourth-order valence-electron chi connectivity index (χ4n) is 2.32. The van der Waals surface area contributed by atoms with E-state index < -0.39 is 11.4 Å². The molecular weight excluding hydrogens is 284 g/mol. The molecule has 0 fully saturated rings. The van der Waals surface area contributed by atoms with E-state index >= 15 is 0 Å². The topological polar surface area (TPSA) is 71.8 Å². The van der Waals surface area contributed by atoms with Gasteiger partial charge in [0.15, 0.2) is 0 Å². The maximum Gasteiger partial charge on any atom is 0.341 e. The maximum atomic E-state index is 12.3.